The summed E-state index contributed by atoms with van der Waals surface area (Å²) < 4.78 is 16.5. The van der Waals surface area contributed by atoms with E-state index in [9.17, 15) is 0 Å². The molecule has 1 atom stereocenters. The topological polar surface area (TPSA) is 90.4 Å². The van der Waals surface area contributed by atoms with Gasteiger partial charge in [-0.15, -0.1) is 0 Å². The smallest absolute Gasteiger partial charge is 0.223 e. The molecule has 3 heterocycles. The van der Waals surface area contributed by atoms with Gasteiger partial charge in [0, 0.05) is 35.5 Å². The Kier molecular flexibility index (Phi) is 7.27. The van der Waals surface area contributed by atoms with Crippen molar-refractivity contribution in [3.63, 3.8) is 0 Å². The summed E-state index contributed by atoms with van der Waals surface area (Å²) in [5.74, 6) is 1.91. The number of fused-ring (bicyclic) bond motifs is 1. The third kappa shape index (κ3) is 4.97. The van der Waals surface area contributed by atoms with E-state index in [1.54, 1.807) is 12.3 Å². The lowest BCUT2D eigenvalue weighted by Gasteiger charge is -2.23. The van der Waals surface area contributed by atoms with Crippen molar-refractivity contribution in [2.24, 2.45) is 0 Å². The molecule has 2 aromatic carbocycles. The molecule has 2 aromatic heterocycles. The van der Waals surface area contributed by atoms with Crippen LogP contribution in [0.25, 0.3) is 22.2 Å². The molecule has 1 fully saturated rings. The van der Waals surface area contributed by atoms with Crippen LogP contribution in [0.3, 0.4) is 0 Å². The molecule has 0 saturated carbocycles. The van der Waals surface area contributed by atoms with E-state index < -0.39 is 0 Å². The van der Waals surface area contributed by atoms with Gasteiger partial charge in [-0.1, -0.05) is 41.4 Å². The highest BCUT2D eigenvalue weighted by molar-refractivity contribution is 6.41. The summed E-state index contributed by atoms with van der Waals surface area (Å²) in [6.45, 7) is 1.41. The number of hydrogen-bond acceptors (Lipinski definition) is 8. The van der Waals surface area contributed by atoms with Gasteiger partial charge in [-0.05, 0) is 31.0 Å². The third-order valence-electron chi connectivity index (χ3n) is 5.93. The molecule has 0 spiro atoms. The molecule has 8 nitrogen and oxygen atoms in total. The van der Waals surface area contributed by atoms with Gasteiger partial charge in [0.05, 0.1) is 42.6 Å². The third-order valence-corrected chi connectivity index (χ3v) is 6.68. The molecular weight excluding hydrogens is 501 g/mol. The number of anilines is 3. The summed E-state index contributed by atoms with van der Waals surface area (Å²) in [6, 6.07) is 13.4. The SMILES string of the molecule is COc1cc(OC)c(Cl)c(-c2cc3cnc(N[C@H]4CCCOC4)nc3c(Nc3ccccc3)n2)c1Cl. The number of hydrogen-bond donors (Lipinski definition) is 2. The summed E-state index contributed by atoms with van der Waals surface area (Å²) in [7, 11) is 3.07. The highest BCUT2D eigenvalue weighted by Gasteiger charge is 2.22. The van der Waals surface area contributed by atoms with E-state index in [0.29, 0.717) is 56.7 Å². The molecule has 1 aliphatic heterocycles. The van der Waals surface area contributed by atoms with Crippen LogP contribution in [0.4, 0.5) is 17.5 Å². The van der Waals surface area contributed by atoms with Gasteiger partial charge >= 0.3 is 0 Å². The van der Waals surface area contributed by atoms with Gasteiger partial charge in [0.15, 0.2) is 5.82 Å². The zero-order chi connectivity index (χ0) is 25.1. The Labute approximate surface area is 218 Å². The maximum atomic E-state index is 6.70. The van der Waals surface area contributed by atoms with Crippen LogP contribution in [-0.4, -0.2) is 48.4 Å². The van der Waals surface area contributed by atoms with Crippen LogP contribution >= 0.6 is 23.2 Å². The molecule has 0 unspecified atom stereocenters. The number of halogens is 2. The van der Waals surface area contributed by atoms with Gasteiger partial charge in [0.1, 0.15) is 17.0 Å². The fourth-order valence-electron chi connectivity index (χ4n) is 4.13. The predicted molar refractivity (Wildman–Crippen MR) is 143 cm³/mol. The number of aromatic nitrogens is 3. The Hall–Kier alpha value is -3.33. The number of methoxy groups -OCH3 is 2. The molecule has 5 rings (SSSR count). The molecule has 10 heteroatoms. The molecule has 1 saturated heterocycles. The molecule has 0 bridgehead atoms. The number of nitrogens with zero attached hydrogens (tertiary/aromatic N) is 3. The lowest BCUT2D eigenvalue weighted by atomic mass is 10.1. The lowest BCUT2D eigenvalue weighted by Crippen LogP contribution is -2.30. The first-order valence-electron chi connectivity index (χ1n) is 11.5. The van der Waals surface area contributed by atoms with Gasteiger partial charge in [0.25, 0.3) is 0 Å². The number of nitrogens with one attached hydrogen (secondary N) is 2. The first kappa shape index (κ1) is 24.4. The zero-order valence-corrected chi connectivity index (χ0v) is 21.4. The molecule has 1 aliphatic rings. The number of ether oxygens (including phenoxy) is 3. The maximum Gasteiger partial charge on any atom is 0.223 e. The highest BCUT2D eigenvalue weighted by Crippen LogP contribution is 2.46. The Morgan fingerprint density at radius 3 is 2.42 bits per heavy atom. The quantitative estimate of drug-likeness (QED) is 0.288. The van der Waals surface area contributed by atoms with Crippen LogP contribution in [0.15, 0.2) is 48.7 Å². The maximum absolute atomic E-state index is 6.70. The molecule has 0 aliphatic carbocycles. The minimum atomic E-state index is 0.163. The van der Waals surface area contributed by atoms with Crippen molar-refractivity contribution in [3.05, 3.63) is 58.7 Å². The number of rotatable bonds is 7. The van der Waals surface area contributed by atoms with Crippen molar-refractivity contribution in [1.82, 2.24) is 15.0 Å². The zero-order valence-electron chi connectivity index (χ0n) is 19.8. The van der Waals surface area contributed by atoms with Crippen molar-refractivity contribution in [2.45, 2.75) is 18.9 Å². The molecule has 186 valence electrons. The minimum absolute atomic E-state index is 0.163. The van der Waals surface area contributed by atoms with Crippen LogP contribution < -0.4 is 20.1 Å². The second-order valence-electron chi connectivity index (χ2n) is 8.32. The summed E-state index contributed by atoms with van der Waals surface area (Å²) in [6.07, 6.45) is 3.76. The van der Waals surface area contributed by atoms with Crippen molar-refractivity contribution in [1.29, 1.82) is 0 Å². The standard InChI is InChI=1S/C26H25Cl2N5O3/c1-34-19-12-20(35-2)23(28)21(22(19)27)18-11-15-13-29-26(31-17-9-6-10-36-14-17)33-24(15)25(32-18)30-16-7-4-3-5-8-16/h3-5,7-8,11-13,17H,6,9-10,14H2,1-2H3,(H,30,32)(H,29,31,33)/t17-/m0/s1. The van der Waals surface area contributed by atoms with Gasteiger partial charge in [0.2, 0.25) is 5.95 Å². The van der Waals surface area contributed by atoms with Crippen LogP contribution in [0.5, 0.6) is 11.5 Å². The predicted octanol–water partition coefficient (Wildman–Crippen LogP) is 6.35. The van der Waals surface area contributed by atoms with Gasteiger partial charge in [-0.25, -0.2) is 15.0 Å². The largest absolute Gasteiger partial charge is 0.495 e. The Morgan fingerprint density at radius 2 is 1.75 bits per heavy atom. The number of benzene rings is 2. The molecule has 4 aromatic rings. The first-order chi connectivity index (χ1) is 17.6. The van der Waals surface area contributed by atoms with Crippen LogP contribution in [0, 0.1) is 0 Å². The Balaban J connectivity index is 1.65. The molecule has 2 N–H and O–H groups in total. The van der Waals surface area contributed by atoms with Gasteiger partial charge in [-0.3, -0.25) is 0 Å². The Morgan fingerprint density at radius 1 is 1.00 bits per heavy atom. The number of para-hydroxylation sites is 1. The van der Waals surface area contributed by atoms with E-state index in [4.69, 9.17) is 47.4 Å². The highest BCUT2D eigenvalue weighted by atomic mass is 35.5. The second-order valence-corrected chi connectivity index (χ2v) is 9.08. The monoisotopic (exact) mass is 525 g/mol. The second kappa shape index (κ2) is 10.7. The normalized spacial score (nSPS) is 15.5. The Bertz CT molecular complexity index is 1350. The number of pyridine rings is 1. The lowest BCUT2D eigenvalue weighted by molar-refractivity contribution is 0.0874. The minimum Gasteiger partial charge on any atom is -0.495 e. The molecule has 36 heavy (non-hydrogen) atoms. The van der Waals surface area contributed by atoms with E-state index in [1.165, 1.54) is 14.2 Å². The molecular formula is C26H25Cl2N5O3. The molecule has 0 radical (unpaired) electrons. The fourth-order valence-corrected chi connectivity index (χ4v) is 4.82. The first-order valence-corrected chi connectivity index (χ1v) is 12.3. The van der Waals surface area contributed by atoms with E-state index >= 15 is 0 Å². The van der Waals surface area contributed by atoms with Gasteiger partial charge in [-0.2, -0.15) is 0 Å². The van der Waals surface area contributed by atoms with Crippen LogP contribution in [0.2, 0.25) is 10.0 Å². The van der Waals surface area contributed by atoms with Crippen molar-refractivity contribution < 1.29 is 14.2 Å². The van der Waals surface area contributed by atoms with Crippen molar-refractivity contribution >= 4 is 51.6 Å². The van der Waals surface area contributed by atoms with Crippen molar-refractivity contribution in [2.75, 3.05) is 38.1 Å². The summed E-state index contributed by atoms with van der Waals surface area (Å²) in [4.78, 5) is 14.2. The summed E-state index contributed by atoms with van der Waals surface area (Å²) in [5, 5.41) is 8.19. The van der Waals surface area contributed by atoms with Crippen LogP contribution in [0.1, 0.15) is 12.8 Å². The van der Waals surface area contributed by atoms with Crippen molar-refractivity contribution in [3.8, 4) is 22.8 Å². The van der Waals surface area contributed by atoms with Crippen LogP contribution in [-0.2, 0) is 4.74 Å². The van der Waals surface area contributed by atoms with E-state index in [0.717, 1.165) is 30.5 Å². The average molecular weight is 526 g/mol. The average Bonchev–Trinajstić information content (AvgIpc) is 2.90. The van der Waals surface area contributed by atoms with E-state index in [2.05, 4.69) is 15.6 Å². The fraction of sp³-hybridized carbons (Fsp3) is 0.269. The van der Waals surface area contributed by atoms with E-state index in [1.807, 2.05) is 36.4 Å². The summed E-state index contributed by atoms with van der Waals surface area (Å²) >= 11 is 13.4. The van der Waals surface area contributed by atoms with Gasteiger partial charge < -0.3 is 24.8 Å². The van der Waals surface area contributed by atoms with E-state index in [-0.39, 0.29) is 6.04 Å². The molecule has 0 amide bonds. The summed E-state index contributed by atoms with van der Waals surface area (Å²) in [5.41, 5.74) is 2.53.